The summed E-state index contributed by atoms with van der Waals surface area (Å²) in [6, 6.07) is 2.94. The fourth-order valence-electron chi connectivity index (χ4n) is 0.947. The minimum absolute atomic E-state index is 0.219. The largest absolute Gasteiger partial charge is 0.478 e. The van der Waals surface area contributed by atoms with Crippen LogP contribution in [0, 0.1) is 11.8 Å². The zero-order chi connectivity index (χ0) is 11.1. The van der Waals surface area contributed by atoms with Crippen molar-refractivity contribution in [3.63, 3.8) is 0 Å². The van der Waals surface area contributed by atoms with Gasteiger partial charge in [-0.3, -0.25) is 9.98 Å². The summed E-state index contributed by atoms with van der Waals surface area (Å²) in [4.78, 5) is 18.6. The smallest absolute Gasteiger partial charge is 0.335 e. The van der Waals surface area contributed by atoms with Gasteiger partial charge >= 0.3 is 5.97 Å². The number of aliphatic imine (C=N–C) groups is 1. The van der Waals surface area contributed by atoms with Crippen LogP contribution < -0.4 is 0 Å². The first-order valence-corrected chi connectivity index (χ1v) is 4.33. The van der Waals surface area contributed by atoms with Gasteiger partial charge in [-0.1, -0.05) is 5.92 Å². The monoisotopic (exact) mass is 202 g/mol. The molecule has 76 valence electrons. The predicted octanol–water partition coefficient (Wildman–Crippen LogP) is 1.37. The van der Waals surface area contributed by atoms with Crippen molar-refractivity contribution >= 4 is 12.2 Å². The third-order valence-corrected chi connectivity index (χ3v) is 1.62. The van der Waals surface area contributed by atoms with Crippen LogP contribution in [0.15, 0.2) is 23.3 Å². The molecule has 1 aromatic heterocycles. The van der Waals surface area contributed by atoms with Crippen LogP contribution in [0.1, 0.15) is 23.0 Å². The van der Waals surface area contributed by atoms with E-state index in [4.69, 9.17) is 5.11 Å². The Bertz CT molecular complexity index is 441. The van der Waals surface area contributed by atoms with Gasteiger partial charge in [0.2, 0.25) is 0 Å². The van der Waals surface area contributed by atoms with Crippen molar-refractivity contribution in [1.29, 1.82) is 0 Å². The van der Waals surface area contributed by atoms with Crippen molar-refractivity contribution in [3.8, 4) is 11.8 Å². The lowest BCUT2D eigenvalue weighted by Crippen LogP contribution is -1.98. The van der Waals surface area contributed by atoms with E-state index in [0.29, 0.717) is 12.2 Å². The zero-order valence-electron chi connectivity index (χ0n) is 8.27. The van der Waals surface area contributed by atoms with E-state index in [9.17, 15) is 4.79 Å². The molecule has 0 aliphatic carbocycles. The molecule has 0 bridgehead atoms. The van der Waals surface area contributed by atoms with Crippen LogP contribution in [-0.4, -0.2) is 22.3 Å². The molecule has 0 saturated carbocycles. The van der Waals surface area contributed by atoms with E-state index in [-0.39, 0.29) is 5.56 Å². The van der Waals surface area contributed by atoms with Gasteiger partial charge in [-0.15, -0.1) is 5.92 Å². The van der Waals surface area contributed by atoms with Crippen LogP contribution in [0.3, 0.4) is 0 Å². The molecule has 0 spiro atoms. The average Bonchev–Trinajstić information content (AvgIpc) is 2.25. The summed E-state index contributed by atoms with van der Waals surface area (Å²) in [6.07, 6.45) is 2.94. The second-order valence-electron chi connectivity index (χ2n) is 2.71. The molecular weight excluding hydrogens is 192 g/mol. The molecule has 1 rings (SSSR count). The topological polar surface area (TPSA) is 62.5 Å². The number of pyridine rings is 1. The van der Waals surface area contributed by atoms with Crippen LogP contribution in [0.2, 0.25) is 0 Å². The van der Waals surface area contributed by atoms with E-state index in [2.05, 4.69) is 21.8 Å². The number of carbonyl (C=O) groups is 1. The lowest BCUT2D eigenvalue weighted by Gasteiger charge is -1.96. The maximum absolute atomic E-state index is 10.6. The second-order valence-corrected chi connectivity index (χ2v) is 2.71. The molecule has 0 atom stereocenters. The van der Waals surface area contributed by atoms with Crippen LogP contribution in [0.4, 0.5) is 0 Å². The lowest BCUT2D eigenvalue weighted by molar-refractivity contribution is 0.0696. The van der Waals surface area contributed by atoms with Crippen LogP contribution in [0.5, 0.6) is 0 Å². The van der Waals surface area contributed by atoms with Gasteiger partial charge in [-0.2, -0.15) is 0 Å². The molecule has 0 aromatic carbocycles. The summed E-state index contributed by atoms with van der Waals surface area (Å²) in [5, 5.41) is 8.73. The van der Waals surface area contributed by atoms with E-state index in [1.807, 2.05) is 0 Å². The number of rotatable bonds is 3. The highest BCUT2D eigenvalue weighted by atomic mass is 16.4. The molecule has 0 saturated heterocycles. The van der Waals surface area contributed by atoms with E-state index in [1.54, 1.807) is 6.92 Å². The zero-order valence-corrected chi connectivity index (χ0v) is 8.27. The fraction of sp³-hybridized carbons (Fsp3) is 0.182. The Labute approximate surface area is 87.7 Å². The fourth-order valence-corrected chi connectivity index (χ4v) is 0.947. The van der Waals surface area contributed by atoms with Crippen molar-refractivity contribution in [1.82, 2.24) is 4.98 Å². The molecule has 0 aliphatic heterocycles. The Kier molecular flexibility index (Phi) is 4.05. The molecule has 15 heavy (non-hydrogen) atoms. The standard InChI is InChI=1S/C11H10N2O2/c1-2-3-5-12-8-10-7-9(11(14)15)4-6-13-10/h4-7H,8H2,1H3,(H,14,15). The van der Waals surface area contributed by atoms with Crippen molar-refractivity contribution in [3.05, 3.63) is 29.6 Å². The molecular formula is C11H10N2O2. The highest BCUT2D eigenvalue weighted by molar-refractivity contribution is 5.87. The molecule has 1 aromatic rings. The molecule has 0 fully saturated rings. The molecule has 0 amide bonds. The highest BCUT2D eigenvalue weighted by Gasteiger charge is 2.02. The Morgan fingerprint density at radius 3 is 3.20 bits per heavy atom. The van der Waals surface area contributed by atoms with E-state index in [1.165, 1.54) is 24.5 Å². The van der Waals surface area contributed by atoms with Crippen molar-refractivity contribution in [2.24, 2.45) is 4.99 Å². The number of aromatic nitrogens is 1. The third-order valence-electron chi connectivity index (χ3n) is 1.62. The second kappa shape index (κ2) is 5.55. The molecule has 0 unspecified atom stereocenters. The number of aromatic carboxylic acids is 1. The first-order chi connectivity index (χ1) is 7.24. The Morgan fingerprint density at radius 1 is 1.73 bits per heavy atom. The summed E-state index contributed by atoms with van der Waals surface area (Å²) in [5.74, 6) is 4.38. The van der Waals surface area contributed by atoms with Crippen LogP contribution in [-0.2, 0) is 6.54 Å². The minimum Gasteiger partial charge on any atom is -0.478 e. The molecule has 1 heterocycles. The minimum atomic E-state index is -0.962. The van der Waals surface area contributed by atoms with Crippen molar-refractivity contribution in [2.45, 2.75) is 13.5 Å². The summed E-state index contributed by atoms with van der Waals surface area (Å²) in [6.45, 7) is 2.06. The molecule has 1 N–H and O–H groups in total. The van der Waals surface area contributed by atoms with Crippen molar-refractivity contribution < 1.29 is 9.90 Å². The summed E-state index contributed by atoms with van der Waals surface area (Å²) < 4.78 is 0. The van der Waals surface area contributed by atoms with E-state index < -0.39 is 5.97 Å². The number of nitrogens with zero attached hydrogens (tertiary/aromatic N) is 2. The van der Waals surface area contributed by atoms with Crippen molar-refractivity contribution in [2.75, 3.05) is 0 Å². The molecule has 4 nitrogen and oxygen atoms in total. The third kappa shape index (κ3) is 3.61. The van der Waals surface area contributed by atoms with Gasteiger partial charge in [0.15, 0.2) is 0 Å². The molecule has 0 radical (unpaired) electrons. The summed E-state index contributed by atoms with van der Waals surface area (Å²) >= 11 is 0. The predicted molar refractivity (Wildman–Crippen MR) is 56.8 cm³/mol. The van der Waals surface area contributed by atoms with Crippen LogP contribution in [0.25, 0.3) is 0 Å². The summed E-state index contributed by atoms with van der Waals surface area (Å²) in [7, 11) is 0. The maximum Gasteiger partial charge on any atom is 0.335 e. The lowest BCUT2D eigenvalue weighted by atomic mass is 10.2. The van der Waals surface area contributed by atoms with Gasteiger partial charge in [0.1, 0.15) is 0 Å². The van der Waals surface area contributed by atoms with E-state index in [0.717, 1.165) is 0 Å². The van der Waals surface area contributed by atoms with Gasteiger partial charge < -0.3 is 5.11 Å². The maximum atomic E-state index is 10.6. The highest BCUT2D eigenvalue weighted by Crippen LogP contribution is 2.02. The van der Waals surface area contributed by atoms with Gasteiger partial charge in [0.05, 0.1) is 24.0 Å². The Balaban J connectivity index is 2.72. The number of hydrogen-bond acceptors (Lipinski definition) is 3. The SMILES string of the molecule is CC#CC=NCc1cc(C(=O)O)ccn1. The number of carboxylic acids is 1. The van der Waals surface area contributed by atoms with E-state index >= 15 is 0 Å². The van der Waals surface area contributed by atoms with Crippen LogP contribution >= 0.6 is 0 Å². The first-order valence-electron chi connectivity index (χ1n) is 4.33. The molecule has 4 heteroatoms. The first kappa shape index (κ1) is 10.9. The molecule has 0 aliphatic rings. The van der Waals surface area contributed by atoms with Gasteiger partial charge in [0.25, 0.3) is 0 Å². The quantitative estimate of drug-likeness (QED) is 0.594. The van der Waals surface area contributed by atoms with Gasteiger partial charge in [-0.25, -0.2) is 4.79 Å². The average molecular weight is 202 g/mol. The Hall–Kier alpha value is -2.15. The number of carboxylic acid groups (broad SMARTS) is 1. The number of hydrogen-bond donors (Lipinski definition) is 1. The van der Waals surface area contributed by atoms with Gasteiger partial charge in [0, 0.05) is 6.20 Å². The normalized spacial score (nSPS) is 9.67. The Morgan fingerprint density at radius 2 is 2.53 bits per heavy atom. The van der Waals surface area contributed by atoms with Gasteiger partial charge in [-0.05, 0) is 19.1 Å². The summed E-state index contributed by atoms with van der Waals surface area (Å²) in [5.41, 5.74) is 0.834.